The smallest absolute Gasteiger partial charge is 0.123 e. The second kappa shape index (κ2) is 6.78. The fourth-order valence-corrected chi connectivity index (χ4v) is 2.71. The van der Waals surface area contributed by atoms with Crippen LogP contribution in [0.4, 0.5) is 4.39 Å². The summed E-state index contributed by atoms with van der Waals surface area (Å²) in [6, 6.07) is 7.32. The minimum atomic E-state index is -0.170. The molecule has 1 heterocycles. The van der Waals surface area contributed by atoms with Gasteiger partial charge in [-0.1, -0.05) is 26.0 Å². The first-order chi connectivity index (χ1) is 9.15. The summed E-state index contributed by atoms with van der Waals surface area (Å²) in [5, 5.41) is 3.44. The molecule has 2 nitrogen and oxygen atoms in total. The summed E-state index contributed by atoms with van der Waals surface area (Å²) in [5.41, 5.74) is 2.88. The first-order valence-corrected chi connectivity index (χ1v) is 7.39. The van der Waals surface area contributed by atoms with Gasteiger partial charge in [0.1, 0.15) is 5.82 Å². The van der Waals surface area contributed by atoms with Gasteiger partial charge >= 0.3 is 0 Å². The third-order valence-electron chi connectivity index (χ3n) is 3.02. The average Bonchev–Trinajstić information content (AvgIpc) is 2.87. The van der Waals surface area contributed by atoms with Crippen molar-refractivity contribution in [1.82, 2.24) is 10.3 Å². The normalized spacial score (nSPS) is 12.8. The summed E-state index contributed by atoms with van der Waals surface area (Å²) >= 11 is 1.65. The van der Waals surface area contributed by atoms with Gasteiger partial charge in [0.25, 0.3) is 0 Å². The zero-order valence-electron chi connectivity index (χ0n) is 11.3. The van der Waals surface area contributed by atoms with Crippen LogP contribution in [0.1, 0.15) is 30.2 Å². The molecule has 102 valence electrons. The van der Waals surface area contributed by atoms with E-state index in [0.717, 1.165) is 18.5 Å². The molecule has 4 heteroatoms. The van der Waals surface area contributed by atoms with Crippen molar-refractivity contribution in [2.75, 3.05) is 6.54 Å². The number of nitrogens with zero attached hydrogens (tertiary/aromatic N) is 1. The molecule has 0 aliphatic heterocycles. The van der Waals surface area contributed by atoms with Crippen LogP contribution >= 0.6 is 11.3 Å². The molecule has 0 spiro atoms. The highest BCUT2D eigenvalue weighted by molar-refractivity contribution is 7.09. The van der Waals surface area contributed by atoms with Gasteiger partial charge in [0.15, 0.2) is 0 Å². The van der Waals surface area contributed by atoms with E-state index in [1.54, 1.807) is 23.5 Å². The number of halogens is 1. The number of thiazole rings is 1. The van der Waals surface area contributed by atoms with Crippen LogP contribution in [-0.2, 0) is 6.42 Å². The highest BCUT2D eigenvalue weighted by Gasteiger charge is 2.14. The van der Waals surface area contributed by atoms with Crippen LogP contribution < -0.4 is 5.32 Å². The zero-order valence-corrected chi connectivity index (χ0v) is 12.1. The first-order valence-electron chi connectivity index (χ1n) is 6.51. The summed E-state index contributed by atoms with van der Waals surface area (Å²) in [4.78, 5) is 5.34. The number of nitrogens with one attached hydrogen (secondary N) is 1. The molecule has 19 heavy (non-hydrogen) atoms. The molecule has 0 aliphatic rings. The van der Waals surface area contributed by atoms with E-state index >= 15 is 0 Å². The zero-order chi connectivity index (χ0) is 13.7. The molecule has 0 saturated heterocycles. The molecule has 0 fully saturated rings. The largest absolute Gasteiger partial charge is 0.314 e. The summed E-state index contributed by atoms with van der Waals surface area (Å²) in [5.74, 6) is 0.106. The molecular formula is C15H19FN2S. The van der Waals surface area contributed by atoms with Crippen LogP contribution in [0.3, 0.4) is 0 Å². The third kappa shape index (κ3) is 4.40. The molecule has 0 bridgehead atoms. The Balaban J connectivity index is 2.13. The Morgan fingerprint density at radius 2 is 2.21 bits per heavy atom. The molecule has 0 radical (unpaired) electrons. The lowest BCUT2D eigenvalue weighted by Gasteiger charge is -2.19. The second-order valence-electron chi connectivity index (χ2n) is 4.99. The number of hydrogen-bond acceptors (Lipinski definition) is 3. The first kappa shape index (κ1) is 14.2. The van der Waals surface area contributed by atoms with E-state index in [9.17, 15) is 4.39 Å². The van der Waals surface area contributed by atoms with Crippen molar-refractivity contribution in [1.29, 1.82) is 0 Å². The Labute approximate surface area is 117 Å². The van der Waals surface area contributed by atoms with Gasteiger partial charge < -0.3 is 5.32 Å². The molecule has 1 atom stereocenters. The molecule has 2 rings (SSSR count). The average molecular weight is 278 g/mol. The van der Waals surface area contributed by atoms with Gasteiger partial charge in [-0.05, 0) is 24.1 Å². The van der Waals surface area contributed by atoms with Crippen molar-refractivity contribution in [2.45, 2.75) is 32.2 Å². The topological polar surface area (TPSA) is 24.9 Å². The number of hydrogen-bond donors (Lipinski definition) is 1. The van der Waals surface area contributed by atoms with Gasteiger partial charge in [-0.25, -0.2) is 4.39 Å². The molecule has 0 saturated carbocycles. The van der Waals surface area contributed by atoms with Gasteiger partial charge in [0.05, 0.1) is 5.51 Å². The quantitative estimate of drug-likeness (QED) is 0.873. The molecule has 1 aromatic carbocycles. The maximum Gasteiger partial charge on any atom is 0.123 e. The van der Waals surface area contributed by atoms with Gasteiger partial charge in [-0.3, -0.25) is 4.98 Å². The number of benzene rings is 1. The van der Waals surface area contributed by atoms with Crippen molar-refractivity contribution in [3.05, 3.63) is 52.2 Å². The van der Waals surface area contributed by atoms with Crippen molar-refractivity contribution in [3.8, 4) is 0 Å². The summed E-state index contributed by atoms with van der Waals surface area (Å²) in [6.45, 7) is 5.09. The fraction of sp³-hybridized carbons (Fsp3) is 0.400. The highest BCUT2D eigenvalue weighted by atomic mass is 32.1. The Bertz CT molecular complexity index is 497. The number of aromatic nitrogens is 1. The van der Waals surface area contributed by atoms with Crippen LogP contribution in [0.25, 0.3) is 0 Å². The standard InChI is InChI=1S/C15H19FN2S/c1-11(2)18-8-13(7-15-9-17-10-19-15)12-4-3-5-14(16)6-12/h3-6,9-11,13,18H,7-8H2,1-2H3. The van der Waals surface area contributed by atoms with Crippen LogP contribution in [0, 0.1) is 5.82 Å². The predicted octanol–water partition coefficient (Wildman–Crippen LogP) is 3.61. The van der Waals surface area contributed by atoms with Crippen molar-refractivity contribution < 1.29 is 4.39 Å². The van der Waals surface area contributed by atoms with Gasteiger partial charge in [-0.2, -0.15) is 0 Å². The molecular weight excluding hydrogens is 259 g/mol. The summed E-state index contributed by atoms with van der Waals surface area (Å²) < 4.78 is 13.4. The van der Waals surface area contributed by atoms with E-state index in [1.165, 1.54) is 10.9 Å². The Morgan fingerprint density at radius 1 is 1.37 bits per heavy atom. The molecule has 0 aliphatic carbocycles. The summed E-state index contributed by atoms with van der Waals surface area (Å²) in [7, 11) is 0. The maximum absolute atomic E-state index is 13.4. The molecule has 1 aromatic heterocycles. The van der Waals surface area contributed by atoms with E-state index in [2.05, 4.69) is 24.1 Å². The second-order valence-corrected chi connectivity index (χ2v) is 5.96. The SMILES string of the molecule is CC(C)NCC(Cc1cncs1)c1cccc(F)c1. The van der Waals surface area contributed by atoms with Crippen molar-refractivity contribution >= 4 is 11.3 Å². The molecule has 2 aromatic rings. The molecule has 0 amide bonds. The lowest BCUT2D eigenvalue weighted by atomic mass is 9.94. The van der Waals surface area contributed by atoms with Gasteiger partial charge in [-0.15, -0.1) is 11.3 Å². The monoisotopic (exact) mass is 278 g/mol. The van der Waals surface area contributed by atoms with Crippen LogP contribution in [0.5, 0.6) is 0 Å². The molecule has 1 unspecified atom stereocenters. The van der Waals surface area contributed by atoms with Crippen LogP contribution in [-0.4, -0.2) is 17.6 Å². The minimum absolute atomic E-state index is 0.170. The highest BCUT2D eigenvalue weighted by Crippen LogP contribution is 2.23. The lowest BCUT2D eigenvalue weighted by Crippen LogP contribution is -2.28. The molecule has 1 N–H and O–H groups in total. The van der Waals surface area contributed by atoms with Crippen molar-refractivity contribution in [2.24, 2.45) is 0 Å². The van der Waals surface area contributed by atoms with E-state index in [0.29, 0.717) is 6.04 Å². The van der Waals surface area contributed by atoms with Gasteiger partial charge in [0.2, 0.25) is 0 Å². The maximum atomic E-state index is 13.4. The number of rotatable bonds is 6. The minimum Gasteiger partial charge on any atom is -0.314 e. The van der Waals surface area contributed by atoms with E-state index in [-0.39, 0.29) is 11.7 Å². The third-order valence-corrected chi connectivity index (χ3v) is 3.83. The van der Waals surface area contributed by atoms with Crippen LogP contribution in [0.15, 0.2) is 36.0 Å². The Hall–Kier alpha value is -1.26. The van der Waals surface area contributed by atoms with Crippen LogP contribution in [0.2, 0.25) is 0 Å². The van der Waals surface area contributed by atoms with Crippen molar-refractivity contribution in [3.63, 3.8) is 0 Å². The van der Waals surface area contributed by atoms with Gasteiger partial charge in [0, 0.05) is 29.6 Å². The summed E-state index contributed by atoms with van der Waals surface area (Å²) in [6.07, 6.45) is 2.79. The van der Waals surface area contributed by atoms with E-state index in [4.69, 9.17) is 0 Å². The Morgan fingerprint density at radius 3 is 2.84 bits per heavy atom. The lowest BCUT2D eigenvalue weighted by molar-refractivity contribution is 0.525. The van der Waals surface area contributed by atoms with E-state index in [1.807, 2.05) is 17.8 Å². The Kier molecular flexibility index (Phi) is 5.05. The predicted molar refractivity (Wildman–Crippen MR) is 78.1 cm³/mol. The fourth-order valence-electron chi connectivity index (χ4n) is 2.03. The van der Waals surface area contributed by atoms with E-state index < -0.39 is 0 Å².